The molecule has 2 aliphatic heterocycles. The minimum atomic E-state index is -0.110. The number of carbonyl (C=O) groups is 1. The van der Waals surface area contributed by atoms with Crippen molar-refractivity contribution in [1.82, 2.24) is 20.4 Å². The lowest BCUT2D eigenvalue weighted by Crippen LogP contribution is -2.47. The molecule has 3 heterocycles. The van der Waals surface area contributed by atoms with Crippen LogP contribution in [0.2, 0.25) is 0 Å². The van der Waals surface area contributed by atoms with Gasteiger partial charge in [0.05, 0.1) is 26.0 Å². The second-order valence-corrected chi connectivity index (χ2v) is 6.56. The predicted molar refractivity (Wildman–Crippen MR) is 98.9 cm³/mol. The Labute approximate surface area is 154 Å². The molecule has 2 fully saturated rings. The summed E-state index contributed by atoms with van der Waals surface area (Å²) in [5.74, 6) is 1.44. The summed E-state index contributed by atoms with van der Waals surface area (Å²) in [6.07, 6.45) is 2.72. The van der Waals surface area contributed by atoms with Gasteiger partial charge in [-0.15, -0.1) is 0 Å². The van der Waals surface area contributed by atoms with E-state index >= 15 is 0 Å². The lowest BCUT2D eigenvalue weighted by Gasteiger charge is -2.32. The summed E-state index contributed by atoms with van der Waals surface area (Å²) >= 11 is 0. The molecule has 0 spiro atoms. The van der Waals surface area contributed by atoms with E-state index in [0.29, 0.717) is 12.6 Å². The summed E-state index contributed by atoms with van der Waals surface area (Å²) < 4.78 is 10.7. The van der Waals surface area contributed by atoms with Gasteiger partial charge in [0.15, 0.2) is 5.96 Å². The zero-order valence-electron chi connectivity index (χ0n) is 15.4. The maximum Gasteiger partial charge on any atom is 0.242 e. The third kappa shape index (κ3) is 5.22. The third-order valence-corrected chi connectivity index (χ3v) is 4.77. The maximum atomic E-state index is 12.0. The van der Waals surface area contributed by atoms with Gasteiger partial charge in [-0.3, -0.25) is 9.69 Å². The number of hydrogen-bond donors (Lipinski definition) is 2. The minimum absolute atomic E-state index is 0.110. The zero-order valence-corrected chi connectivity index (χ0v) is 15.4. The summed E-state index contributed by atoms with van der Waals surface area (Å²) in [4.78, 5) is 21.3. The van der Waals surface area contributed by atoms with Crippen LogP contribution in [0.4, 0.5) is 0 Å². The van der Waals surface area contributed by atoms with Crippen molar-refractivity contribution in [2.75, 3.05) is 52.5 Å². The number of ether oxygens (including phenoxy) is 1. The molecule has 26 heavy (non-hydrogen) atoms. The molecule has 2 aliphatic rings. The Bertz CT molecular complexity index is 584. The molecule has 8 heteroatoms. The van der Waals surface area contributed by atoms with Crippen LogP contribution in [0.1, 0.15) is 19.1 Å². The van der Waals surface area contributed by atoms with E-state index in [2.05, 4.69) is 25.4 Å². The number of hydrogen-bond acceptors (Lipinski definition) is 5. The smallest absolute Gasteiger partial charge is 0.242 e. The molecule has 0 bridgehead atoms. The number of carbonyl (C=O) groups excluding carboxylic acids is 1. The van der Waals surface area contributed by atoms with E-state index in [9.17, 15) is 4.79 Å². The first kappa shape index (κ1) is 18.7. The molecule has 1 aromatic rings. The van der Waals surface area contributed by atoms with E-state index in [1.54, 1.807) is 12.3 Å². The second-order valence-electron chi connectivity index (χ2n) is 6.56. The molecule has 1 unspecified atom stereocenters. The van der Waals surface area contributed by atoms with E-state index in [1.165, 1.54) is 0 Å². The Hall–Kier alpha value is -2.06. The molecular formula is C18H29N5O3. The zero-order chi connectivity index (χ0) is 18.2. The molecule has 0 saturated carbocycles. The van der Waals surface area contributed by atoms with Gasteiger partial charge in [-0.05, 0) is 25.5 Å². The Morgan fingerprint density at radius 1 is 1.31 bits per heavy atom. The van der Waals surface area contributed by atoms with Gasteiger partial charge in [-0.1, -0.05) is 0 Å². The molecule has 1 aromatic heterocycles. The largest absolute Gasteiger partial charge is 0.467 e. The fourth-order valence-electron chi connectivity index (χ4n) is 3.40. The molecule has 0 aliphatic carbocycles. The van der Waals surface area contributed by atoms with Crippen LogP contribution < -0.4 is 10.6 Å². The standard InChI is InChI=1S/C18H29N5O3/c1-2-19-18(21-13-17(24)20-12-16-4-3-9-26-16)23-6-5-15(14-23)22-7-10-25-11-8-22/h3-4,9,15H,2,5-8,10-14H2,1H3,(H,19,21)(H,20,24). The number of amides is 1. The second kappa shape index (κ2) is 9.59. The van der Waals surface area contributed by atoms with Crippen LogP contribution in [0, 0.1) is 0 Å². The molecule has 3 rings (SSSR count). The van der Waals surface area contributed by atoms with Crippen molar-refractivity contribution in [3.05, 3.63) is 24.2 Å². The highest BCUT2D eigenvalue weighted by Gasteiger charge is 2.30. The van der Waals surface area contributed by atoms with Crippen molar-refractivity contribution in [2.45, 2.75) is 25.9 Å². The van der Waals surface area contributed by atoms with Gasteiger partial charge in [0.1, 0.15) is 12.3 Å². The summed E-state index contributed by atoms with van der Waals surface area (Å²) in [5, 5.41) is 6.13. The Kier molecular flexibility index (Phi) is 6.90. The van der Waals surface area contributed by atoms with Crippen LogP contribution in [0.15, 0.2) is 27.8 Å². The Balaban J connectivity index is 1.49. The molecule has 1 amide bonds. The molecular weight excluding hydrogens is 334 g/mol. The van der Waals surface area contributed by atoms with E-state index < -0.39 is 0 Å². The van der Waals surface area contributed by atoms with Gasteiger partial charge in [-0.25, -0.2) is 4.99 Å². The number of guanidine groups is 1. The van der Waals surface area contributed by atoms with E-state index in [1.807, 2.05) is 13.0 Å². The quantitative estimate of drug-likeness (QED) is 0.558. The van der Waals surface area contributed by atoms with Crippen LogP contribution in [-0.2, 0) is 16.1 Å². The summed E-state index contributed by atoms with van der Waals surface area (Å²) in [6, 6.07) is 4.18. The fraction of sp³-hybridized carbons (Fsp3) is 0.667. The molecule has 8 nitrogen and oxygen atoms in total. The number of nitrogens with one attached hydrogen (secondary N) is 2. The molecule has 1 atom stereocenters. The van der Waals surface area contributed by atoms with Crippen LogP contribution in [0.5, 0.6) is 0 Å². The normalized spacial score (nSPS) is 21.8. The van der Waals surface area contributed by atoms with E-state index in [4.69, 9.17) is 9.15 Å². The number of aliphatic imine (C=N–C) groups is 1. The molecule has 2 saturated heterocycles. The van der Waals surface area contributed by atoms with Crippen molar-refractivity contribution in [3.8, 4) is 0 Å². The average molecular weight is 363 g/mol. The number of rotatable bonds is 6. The summed E-state index contributed by atoms with van der Waals surface area (Å²) in [7, 11) is 0. The van der Waals surface area contributed by atoms with E-state index in [0.717, 1.165) is 64.1 Å². The van der Waals surface area contributed by atoms with Gasteiger partial charge in [0.2, 0.25) is 5.91 Å². The molecule has 0 radical (unpaired) electrons. The van der Waals surface area contributed by atoms with Crippen LogP contribution in [0.3, 0.4) is 0 Å². The van der Waals surface area contributed by atoms with Crippen LogP contribution in [0.25, 0.3) is 0 Å². The van der Waals surface area contributed by atoms with Crippen LogP contribution >= 0.6 is 0 Å². The highest BCUT2D eigenvalue weighted by atomic mass is 16.5. The summed E-state index contributed by atoms with van der Waals surface area (Å²) in [6.45, 7) is 8.88. The molecule has 144 valence electrons. The number of morpholine rings is 1. The van der Waals surface area contributed by atoms with Crippen molar-refractivity contribution < 1.29 is 13.9 Å². The minimum Gasteiger partial charge on any atom is -0.467 e. The Morgan fingerprint density at radius 3 is 2.88 bits per heavy atom. The molecule has 2 N–H and O–H groups in total. The third-order valence-electron chi connectivity index (χ3n) is 4.77. The average Bonchev–Trinajstić information content (AvgIpc) is 3.36. The fourth-order valence-corrected chi connectivity index (χ4v) is 3.40. The molecule has 0 aromatic carbocycles. The highest BCUT2D eigenvalue weighted by molar-refractivity contribution is 5.85. The SMILES string of the molecule is CCNC(=NCC(=O)NCc1ccco1)N1CCC(N2CCOCC2)C1. The lowest BCUT2D eigenvalue weighted by molar-refractivity contribution is -0.119. The summed E-state index contributed by atoms with van der Waals surface area (Å²) in [5.41, 5.74) is 0. The lowest BCUT2D eigenvalue weighted by atomic mass is 10.2. The van der Waals surface area contributed by atoms with Gasteiger partial charge in [0, 0.05) is 38.8 Å². The van der Waals surface area contributed by atoms with Crippen molar-refractivity contribution in [1.29, 1.82) is 0 Å². The van der Waals surface area contributed by atoms with E-state index in [-0.39, 0.29) is 12.5 Å². The van der Waals surface area contributed by atoms with Gasteiger partial charge in [0.25, 0.3) is 0 Å². The predicted octanol–water partition coefficient (Wildman–Crippen LogP) is 0.268. The van der Waals surface area contributed by atoms with Crippen molar-refractivity contribution in [3.63, 3.8) is 0 Å². The van der Waals surface area contributed by atoms with Crippen molar-refractivity contribution in [2.24, 2.45) is 4.99 Å². The van der Waals surface area contributed by atoms with Gasteiger partial charge >= 0.3 is 0 Å². The monoisotopic (exact) mass is 363 g/mol. The first-order valence-electron chi connectivity index (χ1n) is 9.40. The van der Waals surface area contributed by atoms with Crippen LogP contribution in [-0.4, -0.2) is 80.2 Å². The van der Waals surface area contributed by atoms with Gasteiger partial charge in [-0.2, -0.15) is 0 Å². The first-order chi connectivity index (χ1) is 12.8. The van der Waals surface area contributed by atoms with Gasteiger partial charge < -0.3 is 24.7 Å². The number of furan rings is 1. The topological polar surface area (TPSA) is 82.3 Å². The number of nitrogens with zero attached hydrogens (tertiary/aromatic N) is 3. The Morgan fingerprint density at radius 2 is 2.15 bits per heavy atom. The first-order valence-corrected chi connectivity index (χ1v) is 9.40. The maximum absolute atomic E-state index is 12.0. The number of likely N-dealkylation sites (tertiary alicyclic amines) is 1. The highest BCUT2D eigenvalue weighted by Crippen LogP contribution is 2.17. The van der Waals surface area contributed by atoms with Crippen molar-refractivity contribution >= 4 is 11.9 Å².